The van der Waals surface area contributed by atoms with E-state index < -0.39 is 26.6 Å². The zero-order chi connectivity index (χ0) is 54.3. The van der Waals surface area contributed by atoms with E-state index in [1.54, 1.807) is 0 Å². The maximum Gasteiger partial charge on any atom is 0.306 e. The lowest BCUT2D eigenvalue weighted by molar-refractivity contribution is -0.870. The lowest BCUT2D eigenvalue weighted by Gasteiger charge is -2.30. The molecule has 0 fully saturated rings. The summed E-state index contributed by atoms with van der Waals surface area (Å²) in [7, 11) is 1.17. The van der Waals surface area contributed by atoms with Crippen LogP contribution in [0.25, 0.3) is 0 Å². The fourth-order valence-corrected chi connectivity index (χ4v) is 9.65. The monoisotopic (exact) mass is 1060 g/mol. The van der Waals surface area contributed by atoms with Crippen LogP contribution in [-0.2, 0) is 27.9 Å². The second kappa shape index (κ2) is 54.1. The summed E-state index contributed by atoms with van der Waals surface area (Å²) in [6, 6.07) is -0.896. The number of nitrogens with zero attached hydrogens (tertiary/aromatic N) is 1. The first kappa shape index (κ1) is 71.7. The van der Waals surface area contributed by atoms with Crippen LogP contribution in [0.2, 0.25) is 0 Å². The Morgan fingerprint density at radius 2 is 0.878 bits per heavy atom. The van der Waals surface area contributed by atoms with Crippen LogP contribution in [0.4, 0.5) is 0 Å². The second-order valence-corrected chi connectivity index (χ2v) is 23.6. The third-order valence-electron chi connectivity index (χ3n) is 13.7. The lowest BCUT2D eigenvalue weighted by Crippen LogP contribution is -2.47. The number of nitrogens with one attached hydrogen (secondary N) is 1. The van der Waals surface area contributed by atoms with Gasteiger partial charge in [0.25, 0.3) is 7.82 Å². The van der Waals surface area contributed by atoms with E-state index in [1.165, 1.54) is 167 Å². The van der Waals surface area contributed by atoms with Crippen LogP contribution in [0.15, 0.2) is 60.8 Å². The van der Waals surface area contributed by atoms with Gasteiger partial charge in [0.1, 0.15) is 19.3 Å². The van der Waals surface area contributed by atoms with Crippen molar-refractivity contribution in [2.75, 3.05) is 40.9 Å². The van der Waals surface area contributed by atoms with E-state index in [2.05, 4.69) is 74.7 Å². The fraction of sp³-hybridized carbons (Fsp3) is 0.812. The normalized spacial score (nSPS) is 14.1. The highest BCUT2D eigenvalue weighted by Gasteiger charge is 2.27. The summed E-state index contributed by atoms with van der Waals surface area (Å²) >= 11 is 0. The van der Waals surface area contributed by atoms with Crippen LogP contribution in [0.5, 0.6) is 0 Å². The molecule has 0 saturated carbocycles. The zero-order valence-electron chi connectivity index (χ0n) is 49.3. The first-order chi connectivity index (χ1) is 35.9. The molecule has 10 heteroatoms. The molecule has 1 amide bonds. The molecular formula is C64H119N2O7P. The van der Waals surface area contributed by atoms with Crippen LogP contribution in [0, 0.1) is 0 Å². The van der Waals surface area contributed by atoms with Gasteiger partial charge >= 0.3 is 5.97 Å². The van der Waals surface area contributed by atoms with Crippen molar-refractivity contribution in [3.8, 4) is 0 Å². The SMILES string of the molecule is CC/C=C/C=C/C=C\CCCCCCCC(=O)OC(/C=C\CCCCCCCCCCCC)C(COP(=O)([O-])OCC[N+](C)(C)C)NC(=O)CCCCCCCCCCCCCCC/C=C/CCCCCCCC. The maximum absolute atomic E-state index is 13.5. The third kappa shape index (κ3) is 54.5. The van der Waals surface area contributed by atoms with Gasteiger partial charge in [0.05, 0.1) is 33.8 Å². The van der Waals surface area contributed by atoms with Crippen molar-refractivity contribution in [1.29, 1.82) is 0 Å². The van der Waals surface area contributed by atoms with E-state index in [9.17, 15) is 19.0 Å². The molecule has 0 aliphatic carbocycles. The molecule has 0 aliphatic rings. The standard InChI is InChI=1S/C64H119N2O7P/c1-7-10-13-16-19-22-25-28-29-30-31-32-33-34-35-36-37-39-41-44-47-50-53-56-63(67)65-61(60-72-74(69,70)71-59-58-66(4,5)6)62(55-52-49-46-43-40-27-24-21-18-15-12-9-3)73-64(68)57-54-51-48-45-42-38-26-23-20-17-14-11-8-2/h11,14,17,20,23,26,28-29,52,55,61-62H,7-10,12-13,15-16,18-19,21-22,24-25,27,30-51,53-54,56-60H2,1-6H3,(H-,65,67,69,70)/b14-11+,20-17+,26-23-,29-28+,55-52-. The van der Waals surface area contributed by atoms with Gasteiger partial charge in [-0.2, -0.15) is 0 Å². The van der Waals surface area contributed by atoms with Gasteiger partial charge in [-0.25, -0.2) is 0 Å². The van der Waals surface area contributed by atoms with Gasteiger partial charge in [0.15, 0.2) is 0 Å². The number of allylic oxidation sites excluding steroid dienone is 9. The third-order valence-corrected chi connectivity index (χ3v) is 14.7. The van der Waals surface area contributed by atoms with Gasteiger partial charge in [-0.3, -0.25) is 14.2 Å². The summed E-state index contributed by atoms with van der Waals surface area (Å²) in [5.74, 6) is -0.560. The van der Waals surface area contributed by atoms with Gasteiger partial charge in [-0.05, 0) is 76.7 Å². The van der Waals surface area contributed by atoms with Crippen molar-refractivity contribution in [1.82, 2.24) is 5.32 Å². The predicted octanol–water partition coefficient (Wildman–Crippen LogP) is 18.4. The van der Waals surface area contributed by atoms with E-state index in [-0.39, 0.29) is 24.9 Å². The Morgan fingerprint density at radius 1 is 0.486 bits per heavy atom. The number of rotatable bonds is 56. The second-order valence-electron chi connectivity index (χ2n) is 22.2. The molecular weight excluding hydrogens is 940 g/mol. The summed E-state index contributed by atoms with van der Waals surface area (Å²) in [6.45, 7) is 6.71. The highest BCUT2D eigenvalue weighted by atomic mass is 31.2. The van der Waals surface area contributed by atoms with Crippen LogP contribution >= 0.6 is 7.82 Å². The first-order valence-corrected chi connectivity index (χ1v) is 32.6. The Hall–Kier alpha value is -2.29. The molecule has 1 N–H and O–H groups in total. The Balaban J connectivity index is 5.15. The van der Waals surface area contributed by atoms with E-state index in [0.717, 1.165) is 77.0 Å². The average Bonchev–Trinajstić information content (AvgIpc) is 3.36. The molecule has 3 atom stereocenters. The topological polar surface area (TPSA) is 114 Å². The smallest absolute Gasteiger partial charge is 0.306 e. The maximum atomic E-state index is 13.5. The molecule has 0 spiro atoms. The van der Waals surface area contributed by atoms with Crippen molar-refractivity contribution in [2.24, 2.45) is 0 Å². The number of likely N-dealkylation sites (N-methyl/N-ethyl adjacent to an activating group) is 1. The molecule has 0 bridgehead atoms. The minimum atomic E-state index is -4.70. The van der Waals surface area contributed by atoms with Gasteiger partial charge in [0.2, 0.25) is 5.91 Å². The number of phosphoric acid groups is 1. The number of hydrogen-bond donors (Lipinski definition) is 1. The molecule has 0 aromatic carbocycles. The number of carbonyl (C=O) groups is 2. The number of ether oxygens (including phenoxy) is 1. The molecule has 0 rings (SSSR count). The number of unbranched alkanes of at least 4 members (excludes halogenated alkanes) is 34. The molecule has 74 heavy (non-hydrogen) atoms. The van der Waals surface area contributed by atoms with Crippen molar-refractivity contribution < 1.29 is 37.3 Å². The minimum Gasteiger partial charge on any atom is -0.756 e. The quantitative estimate of drug-likeness (QED) is 0.0161. The number of carbonyl (C=O) groups excluding carboxylic acids is 2. The zero-order valence-corrected chi connectivity index (χ0v) is 50.2. The van der Waals surface area contributed by atoms with E-state index in [0.29, 0.717) is 23.9 Å². The molecule has 0 heterocycles. The largest absolute Gasteiger partial charge is 0.756 e. The van der Waals surface area contributed by atoms with Crippen LogP contribution in [0.1, 0.15) is 284 Å². The molecule has 432 valence electrons. The molecule has 0 radical (unpaired) electrons. The van der Waals surface area contributed by atoms with Crippen LogP contribution in [0.3, 0.4) is 0 Å². The van der Waals surface area contributed by atoms with Crippen molar-refractivity contribution in [3.63, 3.8) is 0 Å². The molecule has 0 aromatic heterocycles. The molecule has 0 aromatic rings. The minimum absolute atomic E-state index is 0.0265. The fourth-order valence-electron chi connectivity index (χ4n) is 8.93. The van der Waals surface area contributed by atoms with Crippen molar-refractivity contribution in [2.45, 2.75) is 296 Å². The Morgan fingerprint density at radius 3 is 1.32 bits per heavy atom. The van der Waals surface area contributed by atoms with E-state index >= 15 is 0 Å². The summed E-state index contributed by atoms with van der Waals surface area (Å²) in [4.78, 5) is 39.9. The molecule has 3 unspecified atom stereocenters. The summed E-state index contributed by atoms with van der Waals surface area (Å²) in [6.07, 6.45) is 67.7. The number of phosphoric ester groups is 1. The van der Waals surface area contributed by atoms with Crippen LogP contribution in [-0.4, -0.2) is 69.4 Å². The molecule has 0 saturated heterocycles. The van der Waals surface area contributed by atoms with Gasteiger partial charge in [-0.1, -0.05) is 255 Å². The van der Waals surface area contributed by atoms with Crippen LogP contribution < -0.4 is 10.2 Å². The van der Waals surface area contributed by atoms with E-state index in [4.69, 9.17) is 13.8 Å². The summed E-state index contributed by atoms with van der Waals surface area (Å²) in [5.41, 5.74) is 0. The lowest BCUT2D eigenvalue weighted by atomic mass is 10.0. The van der Waals surface area contributed by atoms with Gasteiger partial charge in [0, 0.05) is 12.8 Å². The molecule has 9 nitrogen and oxygen atoms in total. The number of quaternary nitrogens is 1. The molecule has 0 aliphatic heterocycles. The Bertz CT molecular complexity index is 1450. The van der Waals surface area contributed by atoms with Crippen molar-refractivity contribution >= 4 is 19.7 Å². The summed E-state index contributed by atoms with van der Waals surface area (Å²) < 4.78 is 30.3. The summed E-state index contributed by atoms with van der Waals surface area (Å²) in [5, 5.41) is 3.02. The number of hydrogen-bond acceptors (Lipinski definition) is 7. The average molecular weight is 1060 g/mol. The first-order valence-electron chi connectivity index (χ1n) is 31.1. The highest BCUT2D eigenvalue weighted by molar-refractivity contribution is 7.45. The van der Waals surface area contributed by atoms with E-state index in [1.807, 2.05) is 33.3 Å². The number of amides is 1. The Labute approximate surface area is 458 Å². The van der Waals surface area contributed by atoms with Gasteiger partial charge < -0.3 is 28.5 Å². The highest BCUT2D eigenvalue weighted by Crippen LogP contribution is 2.38. The predicted molar refractivity (Wildman–Crippen MR) is 316 cm³/mol. The van der Waals surface area contributed by atoms with Gasteiger partial charge in [-0.15, -0.1) is 0 Å². The Kier molecular flexibility index (Phi) is 52.4. The number of esters is 1. The van der Waals surface area contributed by atoms with Crippen molar-refractivity contribution in [3.05, 3.63) is 60.8 Å².